The number of fused-ring (bicyclic) bond motifs is 1. The zero-order valence-corrected chi connectivity index (χ0v) is 23.8. The molecular weight excluding hydrogens is 518 g/mol. The number of benzene rings is 2. The highest BCUT2D eigenvalue weighted by molar-refractivity contribution is 5.99. The summed E-state index contributed by atoms with van der Waals surface area (Å²) in [5.41, 5.74) is 4.00. The number of carbonyl (C=O) groups excluding carboxylic acids is 1. The van der Waals surface area contributed by atoms with Crippen molar-refractivity contribution >= 4 is 40.0 Å². The number of aromatic nitrogens is 3. The van der Waals surface area contributed by atoms with Gasteiger partial charge in [-0.2, -0.15) is 4.98 Å². The molecule has 1 aliphatic heterocycles. The van der Waals surface area contributed by atoms with Crippen LogP contribution in [0.4, 0.5) is 23.0 Å². The van der Waals surface area contributed by atoms with Crippen molar-refractivity contribution in [3.8, 4) is 11.4 Å². The number of rotatable bonds is 8. The van der Waals surface area contributed by atoms with Gasteiger partial charge in [0.05, 0.1) is 18.5 Å². The third kappa shape index (κ3) is 5.92. The molecule has 0 saturated carbocycles. The van der Waals surface area contributed by atoms with Crippen molar-refractivity contribution < 1.29 is 9.53 Å². The van der Waals surface area contributed by atoms with Crippen molar-refractivity contribution in [2.24, 2.45) is 0 Å². The van der Waals surface area contributed by atoms with Gasteiger partial charge in [-0.1, -0.05) is 26.5 Å². The molecule has 1 amide bonds. The Morgan fingerprint density at radius 3 is 2.56 bits per heavy atom. The van der Waals surface area contributed by atoms with Gasteiger partial charge < -0.3 is 25.2 Å². The first-order valence-corrected chi connectivity index (χ1v) is 13.6. The van der Waals surface area contributed by atoms with Crippen LogP contribution in [0.5, 0.6) is 5.75 Å². The fourth-order valence-corrected chi connectivity index (χ4v) is 5.00. The highest BCUT2D eigenvalue weighted by Gasteiger charge is 2.18. The van der Waals surface area contributed by atoms with Crippen LogP contribution in [0.25, 0.3) is 16.7 Å². The van der Waals surface area contributed by atoms with Gasteiger partial charge in [-0.25, -0.2) is 4.98 Å². The van der Waals surface area contributed by atoms with Crippen LogP contribution in [0.3, 0.4) is 0 Å². The minimum atomic E-state index is -0.337. The molecule has 4 aromatic rings. The molecule has 1 fully saturated rings. The maximum atomic E-state index is 13.5. The molecule has 2 N–H and O–H groups in total. The minimum absolute atomic E-state index is 0.0858. The van der Waals surface area contributed by atoms with E-state index in [4.69, 9.17) is 9.72 Å². The molecule has 0 bridgehead atoms. The van der Waals surface area contributed by atoms with Crippen LogP contribution < -0.4 is 25.8 Å². The van der Waals surface area contributed by atoms with Gasteiger partial charge in [-0.05, 0) is 54.9 Å². The van der Waals surface area contributed by atoms with E-state index in [1.54, 1.807) is 43.6 Å². The summed E-state index contributed by atoms with van der Waals surface area (Å²) in [6, 6.07) is 14.7. The maximum absolute atomic E-state index is 13.5. The van der Waals surface area contributed by atoms with E-state index in [0.717, 1.165) is 42.8 Å². The zero-order valence-electron chi connectivity index (χ0n) is 23.8. The van der Waals surface area contributed by atoms with E-state index in [0.29, 0.717) is 34.4 Å². The van der Waals surface area contributed by atoms with Crippen LogP contribution >= 0.6 is 0 Å². The summed E-state index contributed by atoms with van der Waals surface area (Å²) in [5.74, 6) is 0.746. The number of methoxy groups -OCH3 is 1. The van der Waals surface area contributed by atoms with Gasteiger partial charge in [0.25, 0.3) is 5.56 Å². The van der Waals surface area contributed by atoms with Gasteiger partial charge >= 0.3 is 0 Å². The molecule has 1 aliphatic rings. The van der Waals surface area contributed by atoms with Crippen LogP contribution in [0, 0.1) is 0 Å². The zero-order chi connectivity index (χ0) is 29.1. The molecule has 0 spiro atoms. The SMILES string of the molecule is C=CC(=O)Nc1cccc(-n2c(=O)cc(C(C)C)c3cnc(Nc4ccc(N5CCN(C)CC5)cc4OC)nc32)c1. The molecule has 10 heteroatoms. The van der Waals surface area contributed by atoms with Crippen molar-refractivity contribution in [2.45, 2.75) is 19.8 Å². The Morgan fingerprint density at radius 2 is 1.85 bits per heavy atom. The number of likely N-dealkylation sites (N-methyl/N-ethyl adjacent to an activating group) is 1. The minimum Gasteiger partial charge on any atom is -0.494 e. The normalized spacial score (nSPS) is 13.8. The molecule has 1 saturated heterocycles. The van der Waals surface area contributed by atoms with Crippen molar-refractivity contribution in [1.29, 1.82) is 0 Å². The number of carbonyl (C=O) groups is 1. The average Bonchev–Trinajstić information content (AvgIpc) is 2.97. The first-order valence-electron chi connectivity index (χ1n) is 13.6. The summed E-state index contributed by atoms with van der Waals surface area (Å²) >= 11 is 0. The number of pyridine rings is 1. The number of ether oxygens (including phenoxy) is 1. The molecule has 2 aromatic heterocycles. The van der Waals surface area contributed by atoms with Crippen LogP contribution in [-0.4, -0.2) is 65.7 Å². The van der Waals surface area contributed by atoms with Gasteiger partial charge in [0, 0.05) is 61.3 Å². The summed E-state index contributed by atoms with van der Waals surface area (Å²) < 4.78 is 7.26. The Balaban J connectivity index is 1.55. The Labute approximate surface area is 239 Å². The van der Waals surface area contributed by atoms with Crippen LogP contribution in [-0.2, 0) is 4.79 Å². The van der Waals surface area contributed by atoms with Crippen molar-refractivity contribution in [1.82, 2.24) is 19.4 Å². The molecule has 0 unspecified atom stereocenters. The third-order valence-electron chi connectivity index (χ3n) is 7.27. The standard InChI is InChI=1S/C31H35N7O3/c1-6-28(39)33-21-8-7-9-23(16-21)38-29(40)18-24(20(2)3)25-19-32-31(35-30(25)38)34-26-11-10-22(17-27(26)41-5)37-14-12-36(4)13-15-37/h6-11,16-20H,1,12-15H2,2-5H3,(H,33,39)(H,32,34,35). The topological polar surface area (TPSA) is 105 Å². The first-order chi connectivity index (χ1) is 19.8. The van der Waals surface area contributed by atoms with E-state index >= 15 is 0 Å². The largest absolute Gasteiger partial charge is 0.494 e. The number of piperazine rings is 1. The van der Waals surface area contributed by atoms with E-state index in [1.165, 1.54) is 10.6 Å². The summed E-state index contributed by atoms with van der Waals surface area (Å²) in [4.78, 5) is 39.4. The molecule has 0 aliphatic carbocycles. The highest BCUT2D eigenvalue weighted by atomic mass is 16.5. The quantitative estimate of drug-likeness (QED) is 0.307. The van der Waals surface area contributed by atoms with Gasteiger partial charge in [-0.3, -0.25) is 14.2 Å². The lowest BCUT2D eigenvalue weighted by atomic mass is 10.0. The second-order valence-corrected chi connectivity index (χ2v) is 10.4. The number of anilines is 4. The molecule has 212 valence electrons. The predicted molar refractivity (Wildman–Crippen MR) is 164 cm³/mol. The Kier molecular flexibility index (Phi) is 8.02. The molecular formula is C31H35N7O3. The molecule has 5 rings (SSSR count). The van der Waals surface area contributed by atoms with Gasteiger partial charge in [0.15, 0.2) is 5.65 Å². The second-order valence-electron chi connectivity index (χ2n) is 10.4. The van der Waals surface area contributed by atoms with E-state index in [2.05, 4.69) is 45.1 Å². The Morgan fingerprint density at radius 1 is 1.07 bits per heavy atom. The third-order valence-corrected chi connectivity index (χ3v) is 7.27. The molecule has 2 aromatic carbocycles. The molecule has 41 heavy (non-hydrogen) atoms. The summed E-state index contributed by atoms with van der Waals surface area (Å²) in [6.07, 6.45) is 2.94. The van der Waals surface area contributed by atoms with Gasteiger partial charge in [0.2, 0.25) is 11.9 Å². The number of nitrogens with one attached hydrogen (secondary N) is 2. The van der Waals surface area contributed by atoms with E-state index in [9.17, 15) is 9.59 Å². The number of hydrogen-bond donors (Lipinski definition) is 2. The van der Waals surface area contributed by atoms with Crippen molar-refractivity contribution in [2.75, 3.05) is 55.9 Å². The molecule has 0 atom stereocenters. The van der Waals surface area contributed by atoms with Gasteiger partial charge in [0.1, 0.15) is 5.75 Å². The fourth-order valence-electron chi connectivity index (χ4n) is 5.00. The van der Waals surface area contributed by atoms with E-state index in [1.807, 2.05) is 26.0 Å². The lowest BCUT2D eigenvalue weighted by Gasteiger charge is -2.34. The van der Waals surface area contributed by atoms with Crippen LogP contribution in [0.2, 0.25) is 0 Å². The molecule has 10 nitrogen and oxygen atoms in total. The summed E-state index contributed by atoms with van der Waals surface area (Å²) in [7, 11) is 3.77. The number of amides is 1. The van der Waals surface area contributed by atoms with Gasteiger partial charge in [-0.15, -0.1) is 0 Å². The average molecular weight is 554 g/mol. The highest BCUT2D eigenvalue weighted by Crippen LogP contribution is 2.33. The van der Waals surface area contributed by atoms with Crippen LogP contribution in [0.1, 0.15) is 25.3 Å². The second kappa shape index (κ2) is 11.8. The monoisotopic (exact) mass is 553 g/mol. The van der Waals surface area contributed by atoms with E-state index in [-0.39, 0.29) is 17.4 Å². The number of nitrogens with zero attached hydrogens (tertiary/aromatic N) is 5. The summed E-state index contributed by atoms with van der Waals surface area (Å²) in [6.45, 7) is 11.5. The van der Waals surface area contributed by atoms with Crippen molar-refractivity contribution in [3.05, 3.63) is 83.3 Å². The van der Waals surface area contributed by atoms with Crippen molar-refractivity contribution in [3.63, 3.8) is 0 Å². The smallest absolute Gasteiger partial charge is 0.257 e. The van der Waals surface area contributed by atoms with E-state index < -0.39 is 0 Å². The molecule has 3 heterocycles. The maximum Gasteiger partial charge on any atom is 0.257 e. The number of hydrogen-bond acceptors (Lipinski definition) is 8. The first kappa shape index (κ1) is 27.9. The lowest BCUT2D eigenvalue weighted by molar-refractivity contribution is -0.111. The van der Waals surface area contributed by atoms with Crippen LogP contribution in [0.15, 0.2) is 72.2 Å². The Hall–Kier alpha value is -4.70. The lowest BCUT2D eigenvalue weighted by Crippen LogP contribution is -2.44. The molecule has 0 radical (unpaired) electrons. The fraction of sp³-hybridized carbons (Fsp3) is 0.290. The summed E-state index contributed by atoms with van der Waals surface area (Å²) in [5, 5.41) is 6.80. The predicted octanol–water partition coefficient (Wildman–Crippen LogP) is 4.53. The Bertz CT molecular complexity index is 1660.